The van der Waals surface area contributed by atoms with Crippen molar-refractivity contribution < 1.29 is 19.1 Å². The normalized spacial score (nSPS) is 16.3. The Morgan fingerprint density at radius 1 is 1.22 bits per heavy atom. The molecular formula is C19H22BrN3O4. The van der Waals surface area contributed by atoms with E-state index < -0.39 is 12.1 Å². The molecule has 0 bridgehead atoms. The van der Waals surface area contributed by atoms with Crippen LogP contribution in [0.3, 0.4) is 0 Å². The zero-order chi connectivity index (χ0) is 19.1. The summed E-state index contributed by atoms with van der Waals surface area (Å²) in [5.74, 6) is -0.362. The van der Waals surface area contributed by atoms with Gasteiger partial charge in [0, 0.05) is 30.0 Å². The van der Waals surface area contributed by atoms with E-state index in [0.29, 0.717) is 26.0 Å². The van der Waals surface area contributed by atoms with E-state index in [2.05, 4.69) is 20.9 Å². The Kier molecular flexibility index (Phi) is 6.86. The van der Waals surface area contributed by atoms with E-state index >= 15 is 0 Å². The van der Waals surface area contributed by atoms with Crippen LogP contribution >= 0.6 is 15.9 Å². The van der Waals surface area contributed by atoms with Crippen LogP contribution in [0.4, 0.5) is 4.79 Å². The number of rotatable bonds is 7. The van der Waals surface area contributed by atoms with Crippen molar-refractivity contribution in [3.8, 4) is 0 Å². The predicted octanol–water partition coefficient (Wildman–Crippen LogP) is 3.38. The monoisotopic (exact) mass is 435 g/mol. The third-order valence-electron chi connectivity index (χ3n) is 4.40. The highest BCUT2D eigenvalue weighted by Gasteiger charge is 2.36. The molecule has 8 heteroatoms. The molecule has 0 spiro atoms. The van der Waals surface area contributed by atoms with Crippen molar-refractivity contribution >= 4 is 28.0 Å². The summed E-state index contributed by atoms with van der Waals surface area (Å²) in [4.78, 5) is 30.1. The lowest BCUT2D eigenvalue weighted by Gasteiger charge is -2.22. The Morgan fingerprint density at radius 2 is 2.04 bits per heavy atom. The SMILES string of the molecule is O=C(OCCCn1ccnc1)[C@@H]1CCCN1C(=O)OCc1ccc(Br)cc1. The summed E-state index contributed by atoms with van der Waals surface area (Å²) in [5.41, 5.74) is 0.893. The fourth-order valence-corrected chi connectivity index (χ4v) is 3.24. The van der Waals surface area contributed by atoms with Gasteiger partial charge >= 0.3 is 12.1 Å². The molecule has 0 unspecified atom stereocenters. The summed E-state index contributed by atoms with van der Waals surface area (Å²) in [6, 6.07) is 6.99. The number of hydrogen-bond donors (Lipinski definition) is 0. The minimum atomic E-state index is -0.560. The quantitative estimate of drug-likeness (QED) is 0.492. The number of hydrogen-bond acceptors (Lipinski definition) is 5. The Balaban J connectivity index is 1.43. The average Bonchev–Trinajstić information content (AvgIpc) is 3.36. The minimum Gasteiger partial charge on any atom is -0.464 e. The molecule has 0 radical (unpaired) electrons. The average molecular weight is 436 g/mol. The van der Waals surface area contributed by atoms with Crippen LogP contribution in [0.25, 0.3) is 0 Å². The van der Waals surface area contributed by atoms with E-state index in [1.807, 2.05) is 35.0 Å². The zero-order valence-electron chi connectivity index (χ0n) is 14.9. The summed E-state index contributed by atoms with van der Waals surface area (Å²) >= 11 is 3.37. The molecule has 1 aromatic heterocycles. The summed E-state index contributed by atoms with van der Waals surface area (Å²) in [5, 5.41) is 0. The van der Waals surface area contributed by atoms with Gasteiger partial charge in [0.25, 0.3) is 0 Å². The highest BCUT2D eigenvalue weighted by molar-refractivity contribution is 9.10. The van der Waals surface area contributed by atoms with E-state index in [1.54, 1.807) is 12.5 Å². The van der Waals surface area contributed by atoms with Crippen LogP contribution < -0.4 is 0 Å². The third-order valence-corrected chi connectivity index (χ3v) is 4.93. The van der Waals surface area contributed by atoms with Crippen LogP contribution in [0.5, 0.6) is 0 Å². The van der Waals surface area contributed by atoms with Crippen molar-refractivity contribution in [2.45, 2.75) is 38.5 Å². The molecule has 27 heavy (non-hydrogen) atoms. The second-order valence-corrected chi connectivity index (χ2v) is 7.27. The Labute approximate surface area is 166 Å². The molecule has 1 fully saturated rings. The van der Waals surface area contributed by atoms with Gasteiger partial charge in [0.15, 0.2) is 0 Å². The van der Waals surface area contributed by atoms with Gasteiger partial charge in [-0.1, -0.05) is 28.1 Å². The standard InChI is InChI=1S/C19H22BrN3O4/c20-16-6-4-15(5-7-16)13-27-19(25)23-10-1-3-17(23)18(24)26-12-2-9-22-11-8-21-14-22/h4-8,11,14,17H,1-3,9-10,12-13H2/t17-/m0/s1. The summed E-state index contributed by atoms with van der Waals surface area (Å²) in [6.45, 7) is 1.73. The van der Waals surface area contributed by atoms with Gasteiger partial charge in [-0.25, -0.2) is 14.6 Å². The van der Waals surface area contributed by atoms with Crippen molar-refractivity contribution in [2.24, 2.45) is 0 Å². The maximum absolute atomic E-state index is 12.4. The number of ether oxygens (including phenoxy) is 2. The van der Waals surface area contributed by atoms with Crippen molar-refractivity contribution in [1.29, 1.82) is 0 Å². The number of imidazole rings is 1. The third kappa shape index (κ3) is 5.56. The first-order chi connectivity index (χ1) is 13.1. The van der Waals surface area contributed by atoms with Crippen molar-refractivity contribution in [3.05, 3.63) is 53.0 Å². The van der Waals surface area contributed by atoms with E-state index in [9.17, 15) is 9.59 Å². The molecule has 0 saturated carbocycles. The van der Waals surface area contributed by atoms with Gasteiger partial charge in [-0.3, -0.25) is 4.90 Å². The van der Waals surface area contributed by atoms with Crippen molar-refractivity contribution in [3.63, 3.8) is 0 Å². The Morgan fingerprint density at radius 3 is 2.78 bits per heavy atom. The van der Waals surface area contributed by atoms with Gasteiger partial charge in [-0.05, 0) is 37.0 Å². The maximum Gasteiger partial charge on any atom is 0.410 e. The van der Waals surface area contributed by atoms with Gasteiger partial charge in [-0.2, -0.15) is 0 Å². The van der Waals surface area contributed by atoms with Crippen LogP contribution in [-0.2, 0) is 27.4 Å². The lowest BCUT2D eigenvalue weighted by atomic mass is 10.2. The van der Waals surface area contributed by atoms with Gasteiger partial charge in [0.1, 0.15) is 12.6 Å². The number of esters is 1. The molecule has 1 amide bonds. The molecule has 0 aliphatic carbocycles. The smallest absolute Gasteiger partial charge is 0.410 e. The number of benzene rings is 1. The first kappa shape index (κ1) is 19.4. The number of likely N-dealkylation sites (tertiary alicyclic amines) is 1. The van der Waals surface area contributed by atoms with Gasteiger partial charge in [-0.15, -0.1) is 0 Å². The highest BCUT2D eigenvalue weighted by Crippen LogP contribution is 2.20. The fraction of sp³-hybridized carbons (Fsp3) is 0.421. The number of carbonyl (C=O) groups excluding carboxylic acids is 2. The molecular weight excluding hydrogens is 414 g/mol. The molecule has 144 valence electrons. The fourth-order valence-electron chi connectivity index (χ4n) is 2.97. The number of aryl methyl sites for hydroxylation is 1. The molecule has 1 atom stereocenters. The molecule has 1 aliphatic rings. The van der Waals surface area contributed by atoms with Crippen LogP contribution in [0.15, 0.2) is 47.5 Å². The number of carbonyl (C=O) groups is 2. The first-order valence-corrected chi connectivity index (χ1v) is 9.73. The summed E-state index contributed by atoms with van der Waals surface area (Å²) in [7, 11) is 0. The summed E-state index contributed by atoms with van der Waals surface area (Å²) in [6.07, 6.45) is 6.89. The number of aromatic nitrogens is 2. The molecule has 3 rings (SSSR count). The van der Waals surface area contributed by atoms with Gasteiger partial charge in [0.05, 0.1) is 12.9 Å². The van der Waals surface area contributed by atoms with Crippen LogP contribution in [0, 0.1) is 0 Å². The highest BCUT2D eigenvalue weighted by atomic mass is 79.9. The molecule has 7 nitrogen and oxygen atoms in total. The zero-order valence-corrected chi connectivity index (χ0v) is 16.5. The first-order valence-electron chi connectivity index (χ1n) is 8.94. The Bertz CT molecular complexity index is 749. The van der Waals surface area contributed by atoms with E-state index in [0.717, 1.165) is 23.0 Å². The number of halogens is 1. The van der Waals surface area contributed by atoms with E-state index in [4.69, 9.17) is 9.47 Å². The number of amides is 1. The molecule has 2 aromatic rings. The summed E-state index contributed by atoms with van der Waals surface area (Å²) < 4.78 is 13.6. The second kappa shape index (κ2) is 9.55. The van der Waals surface area contributed by atoms with Crippen molar-refractivity contribution in [1.82, 2.24) is 14.5 Å². The van der Waals surface area contributed by atoms with Gasteiger partial charge < -0.3 is 14.0 Å². The van der Waals surface area contributed by atoms with Crippen LogP contribution in [0.1, 0.15) is 24.8 Å². The molecule has 1 saturated heterocycles. The van der Waals surface area contributed by atoms with Gasteiger partial charge in [0.2, 0.25) is 0 Å². The Hall–Kier alpha value is -2.35. The lowest BCUT2D eigenvalue weighted by molar-refractivity contribution is -0.148. The predicted molar refractivity (Wildman–Crippen MR) is 102 cm³/mol. The van der Waals surface area contributed by atoms with E-state index in [1.165, 1.54) is 4.90 Å². The number of nitrogens with zero attached hydrogens (tertiary/aromatic N) is 3. The molecule has 1 aliphatic heterocycles. The molecule has 2 heterocycles. The largest absolute Gasteiger partial charge is 0.464 e. The molecule has 1 aromatic carbocycles. The lowest BCUT2D eigenvalue weighted by Crippen LogP contribution is -2.41. The van der Waals surface area contributed by atoms with Crippen molar-refractivity contribution in [2.75, 3.05) is 13.2 Å². The van der Waals surface area contributed by atoms with Crippen LogP contribution in [0.2, 0.25) is 0 Å². The van der Waals surface area contributed by atoms with E-state index in [-0.39, 0.29) is 12.6 Å². The maximum atomic E-state index is 12.4. The topological polar surface area (TPSA) is 73.7 Å². The molecule has 0 N–H and O–H groups in total. The minimum absolute atomic E-state index is 0.176. The second-order valence-electron chi connectivity index (χ2n) is 6.35. The van der Waals surface area contributed by atoms with Crippen LogP contribution in [-0.4, -0.2) is 45.7 Å².